The summed E-state index contributed by atoms with van der Waals surface area (Å²) in [6.07, 6.45) is 0. The molecule has 4 heteroatoms. The molecule has 8 heavy (non-hydrogen) atoms. The minimum Gasteiger partial charge on any atom is -0.307 e. The maximum Gasteiger partial charge on any atom is 0.356 e. The van der Waals surface area contributed by atoms with Crippen LogP contribution in [0.4, 0.5) is 4.20 Å². The van der Waals surface area contributed by atoms with Gasteiger partial charge < -0.3 is 4.52 Å². The van der Waals surface area contributed by atoms with Crippen LogP contribution < -0.4 is 0 Å². The van der Waals surface area contributed by atoms with Crippen LogP contribution >= 0.6 is 8.34 Å². The van der Waals surface area contributed by atoms with Gasteiger partial charge in [0.05, 0.1) is 6.61 Å². The molecule has 1 unspecified atom stereocenters. The van der Waals surface area contributed by atoms with Gasteiger partial charge in [0, 0.05) is 0 Å². The van der Waals surface area contributed by atoms with Gasteiger partial charge in [-0.05, 0) is 5.92 Å². The van der Waals surface area contributed by atoms with E-state index in [4.69, 9.17) is 0 Å². The Hall–Kier alpha value is 0.120. The van der Waals surface area contributed by atoms with Crippen LogP contribution in [0.1, 0.15) is 13.8 Å². The van der Waals surface area contributed by atoms with Crippen LogP contribution in [-0.4, -0.2) is 6.61 Å². The Labute approximate surface area is 49.0 Å². The number of rotatable bonds is 3. The molecule has 50 valence electrons. The molecule has 0 aliphatic rings. The van der Waals surface area contributed by atoms with E-state index in [1.54, 1.807) is 0 Å². The van der Waals surface area contributed by atoms with E-state index in [0.29, 0.717) is 0 Å². The van der Waals surface area contributed by atoms with E-state index in [2.05, 4.69) is 4.52 Å². The van der Waals surface area contributed by atoms with Crippen molar-refractivity contribution >= 4 is 8.34 Å². The van der Waals surface area contributed by atoms with Crippen molar-refractivity contribution in [2.24, 2.45) is 5.92 Å². The van der Waals surface area contributed by atoms with Crippen molar-refractivity contribution in [1.82, 2.24) is 0 Å². The lowest BCUT2D eigenvalue weighted by Gasteiger charge is -1.99. The highest BCUT2D eigenvalue weighted by atomic mass is 31.2. The van der Waals surface area contributed by atoms with Crippen molar-refractivity contribution in [3.05, 3.63) is 0 Å². The molecule has 0 aromatic heterocycles. The summed E-state index contributed by atoms with van der Waals surface area (Å²) in [6.45, 7) is 3.98. The normalized spacial score (nSPS) is 14.5. The van der Waals surface area contributed by atoms with Crippen LogP contribution in [-0.2, 0) is 9.09 Å². The van der Waals surface area contributed by atoms with Crippen LogP contribution in [0.2, 0.25) is 0 Å². The summed E-state index contributed by atoms with van der Waals surface area (Å²) in [6, 6.07) is 0. The third kappa shape index (κ3) is 6.12. The van der Waals surface area contributed by atoms with Gasteiger partial charge in [-0.3, -0.25) is 4.57 Å². The highest BCUT2D eigenvalue weighted by molar-refractivity contribution is 7.32. The zero-order valence-corrected chi connectivity index (χ0v) is 5.98. The van der Waals surface area contributed by atoms with Gasteiger partial charge in [0.15, 0.2) is 0 Å². The van der Waals surface area contributed by atoms with Crippen LogP contribution in [0, 0.1) is 5.92 Å². The molecule has 0 fully saturated rings. The third-order valence-electron chi connectivity index (χ3n) is 0.530. The Kier molecular flexibility index (Phi) is 4.11. The Morgan fingerprint density at radius 3 is 2.38 bits per heavy atom. The number of hydrogen-bond donors (Lipinski definition) is 0. The van der Waals surface area contributed by atoms with Crippen molar-refractivity contribution in [3.63, 3.8) is 0 Å². The van der Waals surface area contributed by atoms with E-state index in [1.165, 1.54) is 0 Å². The molecule has 0 aromatic carbocycles. The van der Waals surface area contributed by atoms with Gasteiger partial charge in [-0.1, -0.05) is 13.8 Å². The van der Waals surface area contributed by atoms with Crippen molar-refractivity contribution in [2.75, 3.05) is 6.61 Å². The summed E-state index contributed by atoms with van der Waals surface area (Å²) in [7, 11) is -3.18. The zero-order valence-electron chi connectivity index (χ0n) is 4.98. The van der Waals surface area contributed by atoms with Crippen LogP contribution in [0.15, 0.2) is 0 Å². The van der Waals surface area contributed by atoms with Gasteiger partial charge in [0.25, 0.3) is 0 Å². The first-order chi connectivity index (χ1) is 3.63. The van der Waals surface area contributed by atoms with Crippen LogP contribution in [0.3, 0.4) is 0 Å². The summed E-state index contributed by atoms with van der Waals surface area (Å²) >= 11 is 0. The Morgan fingerprint density at radius 2 is 2.25 bits per heavy atom. The van der Waals surface area contributed by atoms with Gasteiger partial charge in [-0.15, -0.1) is 0 Å². The second-order valence-electron chi connectivity index (χ2n) is 1.94. The average molecular weight is 140 g/mol. The smallest absolute Gasteiger partial charge is 0.307 e. The first kappa shape index (κ1) is 8.12. The van der Waals surface area contributed by atoms with Crippen LogP contribution in [0.25, 0.3) is 0 Å². The highest BCUT2D eigenvalue weighted by Crippen LogP contribution is 2.23. The first-order valence-corrected chi connectivity index (χ1v) is 3.64. The quantitative estimate of drug-likeness (QED) is 0.560. The van der Waals surface area contributed by atoms with E-state index >= 15 is 0 Å². The lowest BCUT2D eigenvalue weighted by molar-refractivity contribution is 0.266. The monoisotopic (exact) mass is 140 g/mol. The van der Waals surface area contributed by atoms with Crippen molar-refractivity contribution in [3.8, 4) is 0 Å². The second-order valence-corrected chi connectivity index (χ2v) is 2.71. The molecule has 0 N–H and O–H groups in total. The maximum atomic E-state index is 11.4. The lowest BCUT2D eigenvalue weighted by atomic mass is 10.2. The summed E-state index contributed by atoms with van der Waals surface area (Å²) in [4.78, 5) is 0. The molecule has 1 atom stereocenters. The second kappa shape index (κ2) is 4.04. The van der Waals surface area contributed by atoms with Gasteiger partial charge >= 0.3 is 8.34 Å². The molecule has 0 saturated heterocycles. The Morgan fingerprint density at radius 1 is 1.75 bits per heavy atom. The standard InChI is InChI=1S/C4H10FO2P/c1-4(2)3-7-8(5)6/h4,8H,3H2,1-2H3. The summed E-state index contributed by atoms with van der Waals surface area (Å²) < 4.78 is 25.2. The molecule has 0 aliphatic carbocycles. The van der Waals surface area contributed by atoms with E-state index < -0.39 is 8.34 Å². The number of halogens is 1. The number of hydrogen-bond acceptors (Lipinski definition) is 2. The Bertz CT molecular complexity index is 84.1. The molecular weight excluding hydrogens is 130 g/mol. The molecule has 2 nitrogen and oxygen atoms in total. The average Bonchev–Trinajstić information content (AvgIpc) is 1.61. The first-order valence-electron chi connectivity index (χ1n) is 2.45. The van der Waals surface area contributed by atoms with Crippen molar-refractivity contribution in [2.45, 2.75) is 13.8 Å². The Balaban J connectivity index is 3.05. The SMILES string of the molecule is CC(C)CO[PH](=O)F. The molecule has 0 rings (SSSR count). The van der Waals surface area contributed by atoms with Gasteiger partial charge in [0.1, 0.15) is 0 Å². The van der Waals surface area contributed by atoms with Crippen molar-refractivity contribution < 1.29 is 13.3 Å². The molecule has 0 saturated carbocycles. The molecule has 0 spiro atoms. The minimum atomic E-state index is -3.18. The maximum absolute atomic E-state index is 11.4. The molecular formula is C4H10FO2P. The molecule has 0 aromatic rings. The molecule has 0 heterocycles. The molecule has 0 radical (unpaired) electrons. The molecule has 0 bridgehead atoms. The van der Waals surface area contributed by atoms with Crippen LogP contribution in [0.5, 0.6) is 0 Å². The summed E-state index contributed by atoms with van der Waals surface area (Å²) in [5, 5.41) is 0. The predicted molar refractivity (Wildman–Crippen MR) is 30.9 cm³/mol. The lowest BCUT2D eigenvalue weighted by Crippen LogP contribution is -1.94. The third-order valence-corrected chi connectivity index (χ3v) is 0.924. The summed E-state index contributed by atoms with van der Waals surface area (Å²) in [5.74, 6) is 0.250. The largest absolute Gasteiger partial charge is 0.356 e. The van der Waals surface area contributed by atoms with E-state index in [9.17, 15) is 8.76 Å². The van der Waals surface area contributed by atoms with Crippen molar-refractivity contribution in [1.29, 1.82) is 0 Å². The fraction of sp³-hybridized carbons (Fsp3) is 1.00. The highest BCUT2D eigenvalue weighted by Gasteiger charge is 1.96. The fourth-order valence-electron chi connectivity index (χ4n) is 0.232. The zero-order chi connectivity index (χ0) is 6.57. The fourth-order valence-corrected chi connectivity index (χ4v) is 0.697. The molecule has 0 amide bonds. The summed E-state index contributed by atoms with van der Waals surface area (Å²) in [5.41, 5.74) is 0. The van der Waals surface area contributed by atoms with Gasteiger partial charge in [0.2, 0.25) is 0 Å². The van der Waals surface area contributed by atoms with E-state index in [0.717, 1.165) is 0 Å². The van der Waals surface area contributed by atoms with Gasteiger partial charge in [-0.25, -0.2) is 0 Å². The minimum absolute atomic E-state index is 0.244. The van der Waals surface area contributed by atoms with Gasteiger partial charge in [-0.2, -0.15) is 4.20 Å². The van der Waals surface area contributed by atoms with E-state index in [1.807, 2.05) is 13.8 Å². The topological polar surface area (TPSA) is 26.3 Å². The predicted octanol–water partition coefficient (Wildman–Crippen LogP) is 2.02. The molecule has 0 aliphatic heterocycles. The van der Waals surface area contributed by atoms with E-state index in [-0.39, 0.29) is 12.5 Å².